The van der Waals surface area contributed by atoms with Crippen molar-refractivity contribution in [2.45, 2.75) is 97.9 Å². The van der Waals surface area contributed by atoms with Crippen LogP contribution in [0.4, 0.5) is 28.4 Å². The summed E-state index contributed by atoms with van der Waals surface area (Å²) in [6, 6.07) is 63.7. The molecule has 1 unspecified atom stereocenters. The predicted octanol–water partition coefficient (Wildman–Crippen LogP) is 16.2. The van der Waals surface area contributed by atoms with Gasteiger partial charge in [-0.15, -0.1) is 0 Å². The zero-order chi connectivity index (χ0) is 42.2. The second-order valence-corrected chi connectivity index (χ2v) is 19.2. The van der Waals surface area contributed by atoms with Crippen LogP contribution in [-0.2, 0) is 23.7 Å². The van der Waals surface area contributed by atoms with Crippen LogP contribution >= 0.6 is 0 Å². The normalized spacial score (nSPS) is 14.1. The molecule has 0 amide bonds. The highest BCUT2D eigenvalue weighted by atomic mass is 15.2. The number of anilines is 5. The van der Waals surface area contributed by atoms with Crippen LogP contribution in [0, 0.1) is 5.92 Å². The van der Waals surface area contributed by atoms with Crippen LogP contribution in [0.15, 0.2) is 170 Å². The minimum absolute atomic E-state index is 0.0867. The van der Waals surface area contributed by atoms with E-state index in [2.05, 4.69) is 242 Å². The second kappa shape index (κ2) is 16.3. The first-order chi connectivity index (χ1) is 28.7. The molecule has 0 fully saturated rings. The van der Waals surface area contributed by atoms with E-state index in [1.165, 1.54) is 73.6 Å². The third kappa shape index (κ3) is 8.05. The standard InChI is InChI=1S/C58H62N2/c1-10-41(2)58(9,49-29-20-43(21-30-49)42-18-27-48(28-19-42)56(3,4)5)50-31-22-44(23-32-50)45-24-33-51(34-25-45)59(55-35-26-46-16-17-47(46)40-55)52-36-38-54(39-37-52)60(57(6,7)8)53-14-12-11-13-15-53/h11-15,18-41H,10,16-17H2,1-9H3/t41?,58-/m1/s1. The van der Waals surface area contributed by atoms with Crippen LogP contribution in [0.3, 0.4) is 0 Å². The highest BCUT2D eigenvalue weighted by molar-refractivity contribution is 5.80. The molecule has 0 bridgehead atoms. The van der Waals surface area contributed by atoms with Crippen molar-refractivity contribution < 1.29 is 0 Å². The first-order valence-corrected chi connectivity index (χ1v) is 22.0. The summed E-state index contributed by atoms with van der Waals surface area (Å²) < 4.78 is 0. The lowest BCUT2D eigenvalue weighted by Crippen LogP contribution is -2.37. The topological polar surface area (TPSA) is 6.48 Å². The molecule has 1 aliphatic rings. The summed E-state index contributed by atoms with van der Waals surface area (Å²) in [5.41, 5.74) is 17.8. The van der Waals surface area contributed by atoms with Gasteiger partial charge in [0, 0.05) is 39.4 Å². The van der Waals surface area contributed by atoms with E-state index in [0.29, 0.717) is 5.92 Å². The largest absolute Gasteiger partial charge is 0.336 e. The Kier molecular flexibility index (Phi) is 11.1. The average molecular weight is 787 g/mol. The van der Waals surface area contributed by atoms with Gasteiger partial charge >= 0.3 is 0 Å². The molecule has 0 aromatic heterocycles. The van der Waals surface area contributed by atoms with Gasteiger partial charge in [0.05, 0.1) is 0 Å². The summed E-state index contributed by atoms with van der Waals surface area (Å²) in [4.78, 5) is 4.82. The van der Waals surface area contributed by atoms with E-state index in [9.17, 15) is 0 Å². The Morgan fingerprint density at radius 1 is 0.433 bits per heavy atom. The molecule has 8 rings (SSSR count). The summed E-state index contributed by atoms with van der Waals surface area (Å²) in [7, 11) is 0. The Labute approximate surface area is 360 Å². The average Bonchev–Trinajstić information content (AvgIpc) is 3.24. The molecule has 0 spiro atoms. The van der Waals surface area contributed by atoms with Crippen molar-refractivity contribution in [1.82, 2.24) is 0 Å². The maximum atomic E-state index is 2.43. The lowest BCUT2D eigenvalue weighted by molar-refractivity contribution is 0.364. The Bertz CT molecular complexity index is 2520. The quantitative estimate of drug-likeness (QED) is 0.129. The maximum Gasteiger partial charge on any atom is 0.0464 e. The fourth-order valence-corrected chi connectivity index (χ4v) is 9.15. The Balaban J connectivity index is 1.07. The Morgan fingerprint density at radius 2 is 0.833 bits per heavy atom. The van der Waals surface area contributed by atoms with Crippen LogP contribution in [0.1, 0.15) is 96.6 Å². The number of nitrogens with zero attached hydrogens (tertiary/aromatic N) is 2. The molecule has 304 valence electrons. The van der Waals surface area contributed by atoms with Crippen molar-refractivity contribution in [3.63, 3.8) is 0 Å². The minimum atomic E-state index is -0.121. The summed E-state index contributed by atoms with van der Waals surface area (Å²) in [5, 5.41) is 0. The van der Waals surface area contributed by atoms with Crippen LogP contribution in [0.2, 0.25) is 0 Å². The van der Waals surface area contributed by atoms with Crippen molar-refractivity contribution in [3.8, 4) is 22.3 Å². The first-order valence-electron chi connectivity index (χ1n) is 22.0. The summed E-state index contributed by atoms with van der Waals surface area (Å²) in [6.45, 7) is 20.8. The Hall–Kier alpha value is -5.86. The molecule has 0 saturated heterocycles. The molecule has 0 aliphatic heterocycles. The zero-order valence-corrected chi connectivity index (χ0v) is 37.3. The number of fused-ring (bicyclic) bond motifs is 1. The predicted molar refractivity (Wildman–Crippen MR) is 259 cm³/mol. The van der Waals surface area contributed by atoms with E-state index in [0.717, 1.165) is 24.2 Å². The van der Waals surface area contributed by atoms with Crippen LogP contribution < -0.4 is 9.80 Å². The molecule has 7 aromatic rings. The molecule has 7 aromatic carbocycles. The summed E-state index contributed by atoms with van der Waals surface area (Å²) in [5.74, 6) is 0.462. The van der Waals surface area contributed by atoms with E-state index >= 15 is 0 Å². The monoisotopic (exact) mass is 786 g/mol. The smallest absolute Gasteiger partial charge is 0.0464 e. The van der Waals surface area contributed by atoms with Crippen LogP contribution in [0.5, 0.6) is 0 Å². The second-order valence-electron chi connectivity index (χ2n) is 19.2. The number of para-hydroxylation sites is 1. The van der Waals surface area contributed by atoms with Gasteiger partial charge in [0.2, 0.25) is 0 Å². The van der Waals surface area contributed by atoms with Gasteiger partial charge in [-0.05, 0) is 156 Å². The Morgan fingerprint density at radius 3 is 1.25 bits per heavy atom. The van der Waals surface area contributed by atoms with Crippen molar-refractivity contribution in [2.24, 2.45) is 5.92 Å². The molecule has 0 heterocycles. The van der Waals surface area contributed by atoms with E-state index in [-0.39, 0.29) is 16.4 Å². The number of hydrogen-bond acceptors (Lipinski definition) is 2. The maximum absolute atomic E-state index is 2.43. The van der Waals surface area contributed by atoms with Gasteiger partial charge in [0.15, 0.2) is 0 Å². The summed E-state index contributed by atoms with van der Waals surface area (Å²) >= 11 is 0. The summed E-state index contributed by atoms with van der Waals surface area (Å²) in [6.07, 6.45) is 3.42. The van der Waals surface area contributed by atoms with E-state index in [4.69, 9.17) is 0 Å². The van der Waals surface area contributed by atoms with Crippen molar-refractivity contribution >= 4 is 28.4 Å². The van der Waals surface area contributed by atoms with Gasteiger partial charge < -0.3 is 9.80 Å². The third-order valence-corrected chi connectivity index (χ3v) is 13.3. The molecule has 60 heavy (non-hydrogen) atoms. The van der Waals surface area contributed by atoms with Crippen molar-refractivity contribution in [2.75, 3.05) is 9.80 Å². The lowest BCUT2D eigenvalue weighted by Gasteiger charge is -2.38. The van der Waals surface area contributed by atoms with Gasteiger partial charge in [-0.2, -0.15) is 0 Å². The van der Waals surface area contributed by atoms with Crippen LogP contribution in [0.25, 0.3) is 22.3 Å². The van der Waals surface area contributed by atoms with Gasteiger partial charge in [0.25, 0.3) is 0 Å². The highest BCUT2D eigenvalue weighted by Crippen LogP contribution is 2.43. The number of benzene rings is 7. The first kappa shape index (κ1) is 40.9. The number of rotatable bonds is 11. The molecular formula is C58H62N2. The zero-order valence-electron chi connectivity index (χ0n) is 37.3. The molecule has 1 aliphatic carbocycles. The van der Waals surface area contributed by atoms with Crippen LogP contribution in [-0.4, -0.2) is 5.54 Å². The van der Waals surface area contributed by atoms with Crippen molar-refractivity contribution in [3.05, 3.63) is 198 Å². The highest BCUT2D eigenvalue weighted by Gasteiger charge is 2.34. The SMILES string of the molecule is CCC(C)[C@@](C)(c1ccc(-c2ccc(N(c3ccc(N(c4ccccc4)C(C)(C)C)cc3)c3ccc4c(c3)CC4)cc2)cc1)c1ccc(-c2ccc(C(C)(C)C)cc2)cc1. The fourth-order valence-electron chi connectivity index (χ4n) is 9.15. The molecule has 0 radical (unpaired) electrons. The molecule has 2 heteroatoms. The van der Waals surface area contributed by atoms with Gasteiger partial charge in [-0.3, -0.25) is 0 Å². The van der Waals surface area contributed by atoms with Gasteiger partial charge in [0.1, 0.15) is 0 Å². The molecule has 0 N–H and O–H groups in total. The van der Waals surface area contributed by atoms with E-state index in [1.807, 2.05) is 0 Å². The number of aryl methyl sites for hydroxylation is 2. The van der Waals surface area contributed by atoms with E-state index < -0.39 is 0 Å². The fraction of sp³-hybridized carbons (Fsp3) is 0.276. The minimum Gasteiger partial charge on any atom is -0.336 e. The molecule has 2 nitrogen and oxygen atoms in total. The van der Waals surface area contributed by atoms with Gasteiger partial charge in [-0.25, -0.2) is 0 Å². The number of hydrogen-bond donors (Lipinski definition) is 0. The van der Waals surface area contributed by atoms with E-state index in [1.54, 1.807) is 0 Å². The lowest BCUT2D eigenvalue weighted by atomic mass is 9.66. The molecular weight excluding hydrogens is 725 g/mol. The van der Waals surface area contributed by atoms with Gasteiger partial charge in [-0.1, -0.05) is 157 Å². The molecule has 2 atom stereocenters. The van der Waals surface area contributed by atoms with Crippen molar-refractivity contribution in [1.29, 1.82) is 0 Å². The third-order valence-electron chi connectivity index (χ3n) is 13.3. The molecule has 0 saturated carbocycles.